The van der Waals surface area contributed by atoms with Crippen LogP contribution in [0.1, 0.15) is 31.1 Å². The van der Waals surface area contributed by atoms with Crippen LogP contribution in [0.25, 0.3) is 0 Å². The number of nitrogens with zero attached hydrogens (tertiary/aromatic N) is 2. The number of hydrogen-bond acceptors (Lipinski definition) is 3. The average molecular weight is 308 g/mol. The molecule has 0 bridgehead atoms. The Morgan fingerprint density at radius 3 is 2.29 bits per heavy atom. The van der Waals surface area contributed by atoms with E-state index in [1.54, 1.807) is 11.8 Å². The Morgan fingerprint density at radius 2 is 1.76 bits per heavy atom. The number of likely N-dealkylation sites (N-methyl/N-ethyl adjacent to an activating group) is 1. The Hall–Kier alpha value is -1.00. The van der Waals surface area contributed by atoms with Crippen molar-refractivity contribution in [3.63, 3.8) is 0 Å². The van der Waals surface area contributed by atoms with Gasteiger partial charge in [-0.05, 0) is 52.2 Å². The predicted octanol–water partition coefficient (Wildman–Crippen LogP) is 3.28. The summed E-state index contributed by atoms with van der Waals surface area (Å²) in [6.07, 6.45) is 1.10. The Kier molecular flexibility index (Phi) is 8.47. The zero-order valence-corrected chi connectivity index (χ0v) is 14.5. The molecule has 0 saturated heterocycles. The van der Waals surface area contributed by atoms with Crippen LogP contribution in [0.15, 0.2) is 30.3 Å². The van der Waals surface area contributed by atoms with E-state index in [9.17, 15) is 4.79 Å². The van der Waals surface area contributed by atoms with Gasteiger partial charge in [0.2, 0.25) is 5.91 Å². The van der Waals surface area contributed by atoms with Gasteiger partial charge in [0.05, 0.1) is 0 Å². The number of carbonyl (C=O) groups excluding carboxylic acids is 1. The molecule has 0 radical (unpaired) electrons. The Bertz CT molecular complexity index is 405. The predicted molar refractivity (Wildman–Crippen MR) is 92.7 cm³/mol. The molecule has 3 nitrogen and oxygen atoms in total. The van der Waals surface area contributed by atoms with E-state index in [0.717, 1.165) is 37.4 Å². The van der Waals surface area contributed by atoms with E-state index >= 15 is 0 Å². The molecule has 1 rings (SSSR count). The lowest BCUT2D eigenvalue weighted by Gasteiger charge is -2.25. The molecule has 4 heteroatoms. The molecule has 0 aliphatic carbocycles. The molecule has 0 saturated carbocycles. The van der Waals surface area contributed by atoms with Crippen molar-refractivity contribution in [3.05, 3.63) is 35.9 Å². The van der Waals surface area contributed by atoms with Crippen LogP contribution >= 0.6 is 11.8 Å². The van der Waals surface area contributed by atoms with Gasteiger partial charge in [0.1, 0.15) is 5.25 Å². The second-order valence-electron chi connectivity index (χ2n) is 5.33. The quantitative estimate of drug-likeness (QED) is 0.654. The number of rotatable bonds is 9. The average Bonchev–Trinajstić information content (AvgIpc) is 2.49. The summed E-state index contributed by atoms with van der Waals surface area (Å²) < 4.78 is 0. The van der Waals surface area contributed by atoms with Gasteiger partial charge in [-0.25, -0.2) is 0 Å². The summed E-state index contributed by atoms with van der Waals surface area (Å²) in [4.78, 5) is 16.8. The van der Waals surface area contributed by atoms with Crippen LogP contribution in [0.5, 0.6) is 0 Å². The molecule has 0 aliphatic rings. The first-order valence-electron chi connectivity index (χ1n) is 7.70. The van der Waals surface area contributed by atoms with Gasteiger partial charge < -0.3 is 9.80 Å². The van der Waals surface area contributed by atoms with Gasteiger partial charge in [-0.1, -0.05) is 30.3 Å². The Balaban J connectivity index is 2.73. The first-order valence-corrected chi connectivity index (χ1v) is 8.75. The van der Waals surface area contributed by atoms with Crippen molar-refractivity contribution in [3.8, 4) is 0 Å². The van der Waals surface area contributed by atoms with E-state index in [4.69, 9.17) is 0 Å². The standard InChI is InChI=1S/C17H28N2OS/c1-5-19(6-2)17(20)16(15-11-8-7-9-12-15)21-14-10-13-18(3)4/h7-9,11-12,16H,5-6,10,13-14H2,1-4H3. The summed E-state index contributed by atoms with van der Waals surface area (Å²) in [5, 5.41) is -0.0757. The van der Waals surface area contributed by atoms with E-state index in [1.807, 2.05) is 36.9 Å². The molecule has 0 heterocycles. The van der Waals surface area contributed by atoms with E-state index in [1.165, 1.54) is 0 Å². The summed E-state index contributed by atoms with van der Waals surface area (Å²) in [5.74, 6) is 1.24. The number of thioether (sulfide) groups is 1. The van der Waals surface area contributed by atoms with Crippen molar-refractivity contribution in [2.45, 2.75) is 25.5 Å². The van der Waals surface area contributed by atoms with Crippen LogP contribution in [-0.4, -0.2) is 55.2 Å². The van der Waals surface area contributed by atoms with Crippen LogP contribution in [0, 0.1) is 0 Å². The van der Waals surface area contributed by atoms with Gasteiger partial charge in [-0.2, -0.15) is 0 Å². The number of benzene rings is 1. The molecule has 0 aliphatic heterocycles. The maximum absolute atomic E-state index is 12.7. The van der Waals surface area contributed by atoms with Crippen LogP contribution < -0.4 is 0 Å². The molecule has 0 fully saturated rings. The fourth-order valence-electron chi connectivity index (χ4n) is 2.22. The Morgan fingerprint density at radius 1 is 1.14 bits per heavy atom. The number of carbonyl (C=O) groups is 1. The second-order valence-corrected chi connectivity index (χ2v) is 6.54. The zero-order valence-electron chi connectivity index (χ0n) is 13.7. The van der Waals surface area contributed by atoms with Crippen LogP contribution in [0.3, 0.4) is 0 Å². The van der Waals surface area contributed by atoms with Crippen LogP contribution in [-0.2, 0) is 4.79 Å². The maximum atomic E-state index is 12.7. The lowest BCUT2D eigenvalue weighted by molar-refractivity contribution is -0.130. The largest absolute Gasteiger partial charge is 0.342 e. The van der Waals surface area contributed by atoms with Gasteiger partial charge in [0.25, 0.3) is 0 Å². The minimum absolute atomic E-state index is 0.0757. The number of amides is 1. The third-order valence-corrected chi connectivity index (χ3v) is 4.77. The highest BCUT2D eigenvalue weighted by atomic mass is 32.2. The maximum Gasteiger partial charge on any atom is 0.240 e. The summed E-state index contributed by atoms with van der Waals surface area (Å²) in [6.45, 7) is 6.70. The van der Waals surface area contributed by atoms with E-state index in [-0.39, 0.29) is 11.2 Å². The normalized spacial score (nSPS) is 12.4. The highest BCUT2D eigenvalue weighted by Gasteiger charge is 2.24. The molecule has 0 N–H and O–H groups in total. The number of hydrogen-bond donors (Lipinski definition) is 0. The monoisotopic (exact) mass is 308 g/mol. The molecule has 0 aromatic heterocycles. The minimum atomic E-state index is -0.0757. The van der Waals surface area contributed by atoms with Gasteiger partial charge >= 0.3 is 0 Å². The van der Waals surface area contributed by atoms with Crippen LogP contribution in [0.4, 0.5) is 0 Å². The van der Waals surface area contributed by atoms with E-state index in [2.05, 4.69) is 31.1 Å². The van der Waals surface area contributed by atoms with Crippen molar-refractivity contribution in [2.24, 2.45) is 0 Å². The fourth-order valence-corrected chi connectivity index (χ4v) is 3.39. The summed E-state index contributed by atoms with van der Waals surface area (Å²) >= 11 is 1.77. The molecule has 1 amide bonds. The van der Waals surface area contributed by atoms with E-state index in [0.29, 0.717) is 0 Å². The van der Waals surface area contributed by atoms with Crippen molar-refractivity contribution < 1.29 is 4.79 Å². The van der Waals surface area contributed by atoms with Crippen molar-refractivity contribution in [1.29, 1.82) is 0 Å². The molecule has 21 heavy (non-hydrogen) atoms. The molecular weight excluding hydrogens is 280 g/mol. The highest BCUT2D eigenvalue weighted by Crippen LogP contribution is 2.31. The smallest absolute Gasteiger partial charge is 0.240 e. The topological polar surface area (TPSA) is 23.6 Å². The molecular formula is C17H28N2OS. The lowest BCUT2D eigenvalue weighted by Crippen LogP contribution is -2.34. The molecule has 0 spiro atoms. The minimum Gasteiger partial charge on any atom is -0.342 e. The summed E-state index contributed by atoms with van der Waals surface area (Å²) in [5.41, 5.74) is 1.12. The molecule has 1 atom stereocenters. The first kappa shape index (κ1) is 18.1. The highest BCUT2D eigenvalue weighted by molar-refractivity contribution is 8.00. The second kappa shape index (κ2) is 9.85. The fraction of sp³-hybridized carbons (Fsp3) is 0.588. The first-order chi connectivity index (χ1) is 10.1. The van der Waals surface area contributed by atoms with Crippen molar-refractivity contribution >= 4 is 17.7 Å². The molecule has 1 aromatic carbocycles. The van der Waals surface area contributed by atoms with Crippen molar-refractivity contribution in [2.75, 3.05) is 39.5 Å². The molecule has 118 valence electrons. The van der Waals surface area contributed by atoms with Gasteiger partial charge in [-0.15, -0.1) is 11.8 Å². The lowest BCUT2D eigenvalue weighted by atomic mass is 10.1. The summed E-state index contributed by atoms with van der Waals surface area (Å²) in [7, 11) is 4.17. The Labute approximate surface area is 133 Å². The molecule has 1 unspecified atom stereocenters. The molecule has 1 aromatic rings. The van der Waals surface area contributed by atoms with E-state index < -0.39 is 0 Å². The summed E-state index contributed by atoms with van der Waals surface area (Å²) in [6, 6.07) is 10.1. The van der Waals surface area contributed by atoms with Gasteiger partial charge in [0.15, 0.2) is 0 Å². The van der Waals surface area contributed by atoms with Crippen molar-refractivity contribution in [1.82, 2.24) is 9.80 Å². The van der Waals surface area contributed by atoms with Gasteiger partial charge in [-0.3, -0.25) is 4.79 Å². The van der Waals surface area contributed by atoms with Gasteiger partial charge in [0, 0.05) is 13.1 Å². The zero-order chi connectivity index (χ0) is 15.7. The third kappa shape index (κ3) is 6.10. The third-order valence-electron chi connectivity index (χ3n) is 3.44. The van der Waals surface area contributed by atoms with Crippen LogP contribution in [0.2, 0.25) is 0 Å². The SMILES string of the molecule is CCN(CC)C(=O)C(SCCCN(C)C)c1ccccc1.